The highest BCUT2D eigenvalue weighted by molar-refractivity contribution is 8.00. The van der Waals surface area contributed by atoms with Crippen LogP contribution in [0, 0.1) is 0 Å². The molecule has 0 spiro atoms. The number of rotatable bonds is 8. The fourth-order valence-corrected chi connectivity index (χ4v) is 14.6. The van der Waals surface area contributed by atoms with Gasteiger partial charge in [-0.05, 0) is 71.0 Å². The monoisotopic (exact) mass is 577 g/mol. The Morgan fingerprint density at radius 3 is 1.06 bits per heavy atom. The van der Waals surface area contributed by atoms with Crippen LogP contribution in [0.3, 0.4) is 0 Å². The minimum atomic E-state index is -3.61. The average Bonchev–Trinajstić information content (AvgIpc) is 2.85. The van der Waals surface area contributed by atoms with Gasteiger partial charge in [-0.15, -0.1) is 13.5 Å². The predicted molar refractivity (Wildman–Crippen MR) is 148 cm³/mol. The first-order valence-corrected chi connectivity index (χ1v) is 17.3. The molecule has 0 radical (unpaired) electrons. The Kier molecular flexibility index (Phi) is 7.48. The predicted octanol–water partition coefficient (Wildman–Crippen LogP) is 10.6. The van der Waals surface area contributed by atoms with Gasteiger partial charge in [0.1, 0.15) is 23.0 Å². The molecule has 7 nitrogen and oxygen atoms in total. The molecule has 0 aromatic heterocycles. The van der Waals surface area contributed by atoms with Crippen molar-refractivity contribution in [2.45, 2.75) is 0 Å². The Hall–Kier alpha value is -2.65. The van der Waals surface area contributed by atoms with Gasteiger partial charge in [-0.2, -0.15) is 0 Å². The van der Waals surface area contributed by atoms with Gasteiger partial charge < -0.3 is 18.1 Å². The lowest BCUT2D eigenvalue weighted by atomic mass is 10.3. The van der Waals surface area contributed by atoms with E-state index in [1.54, 1.807) is 48.5 Å². The molecule has 1 heterocycles. The van der Waals surface area contributed by atoms with Gasteiger partial charge in [-0.1, -0.05) is 72.8 Å². The fourth-order valence-electron chi connectivity index (χ4n) is 3.10. The first-order chi connectivity index (χ1) is 17.4. The molecule has 0 N–H and O–H groups in total. The number of halogens is 2. The highest BCUT2D eigenvalue weighted by atomic mass is 35.7. The number of para-hydroxylation sites is 4. The molecule has 5 rings (SSSR count). The van der Waals surface area contributed by atoms with Gasteiger partial charge >= 0.3 is 21.2 Å². The average molecular weight is 578 g/mol. The van der Waals surface area contributed by atoms with Crippen LogP contribution in [0.2, 0.25) is 0 Å². The normalized spacial score (nSPS) is 22.2. The van der Waals surface area contributed by atoms with Crippen molar-refractivity contribution in [2.75, 3.05) is 0 Å². The van der Waals surface area contributed by atoms with Crippen molar-refractivity contribution in [3.8, 4) is 23.0 Å². The first-order valence-electron chi connectivity index (χ1n) is 10.7. The van der Waals surface area contributed by atoms with Crippen molar-refractivity contribution in [2.24, 2.45) is 13.5 Å². The number of hydrogen-bond donors (Lipinski definition) is 0. The van der Waals surface area contributed by atoms with Crippen LogP contribution >= 0.6 is 43.7 Å². The Morgan fingerprint density at radius 2 is 0.694 bits per heavy atom. The second-order valence-electron chi connectivity index (χ2n) is 7.32. The maximum absolute atomic E-state index is 7.00. The molecule has 0 saturated heterocycles. The van der Waals surface area contributed by atoms with Crippen molar-refractivity contribution < 1.29 is 18.1 Å². The summed E-state index contributed by atoms with van der Waals surface area (Å²) >= 11 is 14.0. The molecule has 12 heteroatoms. The molecule has 0 aliphatic carbocycles. The number of nitrogens with zero attached hydrogens (tertiary/aromatic N) is 3. The zero-order valence-corrected chi connectivity index (χ0v) is 22.8. The second kappa shape index (κ2) is 10.8. The molecule has 2 unspecified atom stereocenters. The van der Waals surface area contributed by atoms with E-state index >= 15 is 0 Å². The van der Waals surface area contributed by atoms with Crippen molar-refractivity contribution in [3.63, 3.8) is 0 Å². The quantitative estimate of drug-likeness (QED) is 0.195. The molecule has 0 bridgehead atoms. The Bertz CT molecular complexity index is 1400. The van der Waals surface area contributed by atoms with E-state index in [2.05, 4.69) is 4.52 Å². The molecule has 2 atom stereocenters. The molecular formula is C24H20Cl2N3O4P3. The van der Waals surface area contributed by atoms with Crippen LogP contribution in [0.25, 0.3) is 0 Å². The fraction of sp³-hybridized carbons (Fsp3) is 0. The van der Waals surface area contributed by atoms with Crippen molar-refractivity contribution >= 4 is 43.7 Å². The summed E-state index contributed by atoms with van der Waals surface area (Å²) < 4.78 is 38.9. The van der Waals surface area contributed by atoms with Gasteiger partial charge in [0.25, 0.3) is 0 Å². The molecule has 0 amide bonds. The summed E-state index contributed by atoms with van der Waals surface area (Å²) in [4.78, 5) is 0. The van der Waals surface area contributed by atoms with Gasteiger partial charge in [-0.3, -0.25) is 0 Å². The summed E-state index contributed by atoms with van der Waals surface area (Å²) in [6, 6.07) is 36.2. The largest absolute Gasteiger partial charge is 0.457 e. The number of hydrogen-bond acceptors (Lipinski definition) is 7. The van der Waals surface area contributed by atoms with Crippen molar-refractivity contribution in [1.82, 2.24) is 0 Å². The third-order valence-electron chi connectivity index (χ3n) is 4.53. The lowest BCUT2D eigenvalue weighted by Gasteiger charge is -2.29. The van der Waals surface area contributed by atoms with Crippen LogP contribution in [0.4, 0.5) is 0 Å². The molecule has 184 valence electrons. The van der Waals surface area contributed by atoms with Gasteiger partial charge in [0, 0.05) is 0 Å². The van der Waals surface area contributed by atoms with E-state index in [1.165, 1.54) is 0 Å². The Labute approximate surface area is 219 Å². The molecule has 0 saturated carbocycles. The van der Waals surface area contributed by atoms with Gasteiger partial charge in [0.15, 0.2) is 0 Å². The summed E-state index contributed by atoms with van der Waals surface area (Å²) in [6.45, 7) is -7.04. The molecule has 0 fully saturated rings. The molecule has 4 aromatic rings. The lowest BCUT2D eigenvalue weighted by Crippen LogP contribution is -2.03. The highest BCUT2D eigenvalue weighted by Gasteiger charge is 2.43. The van der Waals surface area contributed by atoms with Crippen LogP contribution in [0.15, 0.2) is 135 Å². The smallest absolute Gasteiger partial charge is 0.431 e. The zero-order chi connectivity index (χ0) is 24.9. The topological polar surface area (TPSA) is 74.0 Å². The van der Waals surface area contributed by atoms with E-state index < -0.39 is 21.2 Å². The SMILES string of the molecule is ClP1(Oc2ccccc2)=NP(Cl)(Oc2ccccc2)=NP(Oc2ccccc2)(Oc2ccccc2)=N1. The molecule has 1 aliphatic heterocycles. The summed E-state index contributed by atoms with van der Waals surface area (Å²) in [7, 11) is -3.61. The van der Waals surface area contributed by atoms with Gasteiger partial charge in [-0.25, -0.2) is 0 Å². The van der Waals surface area contributed by atoms with E-state index in [4.69, 9.17) is 49.6 Å². The summed E-state index contributed by atoms with van der Waals surface area (Å²) in [5.74, 6) is 1.88. The van der Waals surface area contributed by atoms with Crippen LogP contribution in [0.5, 0.6) is 23.0 Å². The maximum Gasteiger partial charge on any atom is 0.457 e. The van der Waals surface area contributed by atoms with Crippen molar-refractivity contribution in [3.05, 3.63) is 121 Å². The minimum Gasteiger partial charge on any atom is -0.431 e. The van der Waals surface area contributed by atoms with Crippen LogP contribution in [0.1, 0.15) is 0 Å². The Balaban J connectivity index is 1.70. The van der Waals surface area contributed by atoms with E-state index in [0.29, 0.717) is 23.0 Å². The molecule has 36 heavy (non-hydrogen) atoms. The summed E-state index contributed by atoms with van der Waals surface area (Å²) in [6.07, 6.45) is 0. The van der Waals surface area contributed by atoms with E-state index in [-0.39, 0.29) is 0 Å². The summed E-state index contributed by atoms with van der Waals surface area (Å²) in [5.41, 5.74) is 0. The lowest BCUT2D eigenvalue weighted by molar-refractivity contribution is 0.476. The number of benzene rings is 4. The molecule has 4 aromatic carbocycles. The molecular weight excluding hydrogens is 558 g/mol. The summed E-state index contributed by atoms with van der Waals surface area (Å²) in [5, 5.41) is 0. The second-order valence-corrected chi connectivity index (χ2v) is 15.7. The van der Waals surface area contributed by atoms with Crippen LogP contribution in [-0.4, -0.2) is 0 Å². The molecule has 1 aliphatic rings. The Morgan fingerprint density at radius 1 is 0.389 bits per heavy atom. The first kappa shape index (κ1) is 25.0. The van der Waals surface area contributed by atoms with E-state index in [1.807, 2.05) is 72.8 Å². The van der Waals surface area contributed by atoms with E-state index in [0.717, 1.165) is 0 Å². The van der Waals surface area contributed by atoms with Gasteiger partial charge in [0.2, 0.25) is 0 Å². The third-order valence-corrected chi connectivity index (χ3v) is 14.5. The highest BCUT2D eigenvalue weighted by Crippen LogP contribution is 2.81. The third kappa shape index (κ3) is 6.37. The van der Waals surface area contributed by atoms with Crippen LogP contribution < -0.4 is 18.1 Å². The zero-order valence-electron chi connectivity index (χ0n) is 18.6. The van der Waals surface area contributed by atoms with E-state index in [9.17, 15) is 0 Å². The minimum absolute atomic E-state index is 0.468. The van der Waals surface area contributed by atoms with Crippen molar-refractivity contribution in [1.29, 1.82) is 0 Å². The van der Waals surface area contributed by atoms with Crippen LogP contribution in [-0.2, 0) is 0 Å². The van der Waals surface area contributed by atoms with Gasteiger partial charge in [0.05, 0.1) is 0 Å². The standard InChI is InChI=1S/C24H20Cl2N3O4P3/c25-34(30-21-13-5-1-6-14-21)27-35(26,31-22-15-7-2-8-16-22)29-36(28-34,32-23-17-9-3-10-18-23)33-24-19-11-4-12-20-24/h1-20H. The maximum atomic E-state index is 7.00.